The molecule has 312 valence electrons. The first-order valence-corrected chi connectivity index (χ1v) is 23.1. The molecule has 11 aromatic rings. The summed E-state index contributed by atoms with van der Waals surface area (Å²) in [4.78, 5) is 2.37. The van der Waals surface area contributed by atoms with Gasteiger partial charge in [0, 0.05) is 33.2 Å². The fourth-order valence-electron chi connectivity index (χ4n) is 11.6. The van der Waals surface area contributed by atoms with Crippen molar-refractivity contribution in [1.29, 1.82) is 0 Å². The molecule has 1 unspecified atom stereocenters. The molecule has 2 heteroatoms. The van der Waals surface area contributed by atoms with Crippen LogP contribution >= 0.6 is 0 Å². The van der Waals surface area contributed by atoms with Gasteiger partial charge in [-0.3, -0.25) is 0 Å². The average Bonchev–Trinajstić information content (AvgIpc) is 3.73. The first kappa shape index (κ1) is 38.3. The van der Waals surface area contributed by atoms with E-state index in [1.165, 1.54) is 94.3 Å². The first-order valence-electron chi connectivity index (χ1n) is 23.1. The zero-order valence-electron chi connectivity index (χ0n) is 37.0. The van der Waals surface area contributed by atoms with E-state index >= 15 is 0 Å². The second-order valence-corrected chi connectivity index (χ2v) is 18.5. The van der Waals surface area contributed by atoms with E-state index in [0.29, 0.717) is 0 Å². The number of hydrogen-bond donors (Lipinski definition) is 0. The number of benzene rings is 10. The minimum atomic E-state index is -0.549. The lowest BCUT2D eigenvalue weighted by atomic mass is 9.53. The SMILES string of the molecule is CC1(C)c2ccccc2C2(c3ccccc3-n3c4ccccc4c4cccc2c43)c2cc(-c3ccc(N(c4ccc(-c5ccccc5)cc4)c4ccc(-c5ccccc5)cc4)cc3)ccc21. The molecule has 0 fully saturated rings. The highest BCUT2D eigenvalue weighted by atomic mass is 15.1. The van der Waals surface area contributed by atoms with Gasteiger partial charge in [0.2, 0.25) is 0 Å². The summed E-state index contributed by atoms with van der Waals surface area (Å²) in [6.45, 7) is 4.82. The van der Waals surface area contributed by atoms with E-state index in [-0.39, 0.29) is 5.41 Å². The molecule has 1 aliphatic carbocycles. The maximum absolute atomic E-state index is 2.53. The number of para-hydroxylation sites is 3. The second-order valence-electron chi connectivity index (χ2n) is 18.5. The summed E-state index contributed by atoms with van der Waals surface area (Å²) in [5.41, 5.74) is 21.6. The van der Waals surface area contributed by atoms with Crippen LogP contribution in [0.5, 0.6) is 0 Å². The summed E-state index contributed by atoms with van der Waals surface area (Å²) < 4.78 is 2.53. The molecule has 2 nitrogen and oxygen atoms in total. The molecule has 0 amide bonds. The van der Waals surface area contributed by atoms with Gasteiger partial charge in [0.1, 0.15) is 0 Å². The molecule has 1 atom stereocenters. The summed E-state index contributed by atoms with van der Waals surface area (Å²) in [6, 6.07) is 89.9. The molecule has 66 heavy (non-hydrogen) atoms. The Morgan fingerprint density at radius 3 is 1.38 bits per heavy atom. The highest BCUT2D eigenvalue weighted by Gasteiger charge is 2.52. The van der Waals surface area contributed by atoms with Crippen molar-refractivity contribution in [2.75, 3.05) is 4.90 Å². The van der Waals surface area contributed by atoms with Crippen molar-refractivity contribution in [1.82, 2.24) is 4.57 Å². The molecule has 1 aromatic heterocycles. The van der Waals surface area contributed by atoms with Crippen molar-refractivity contribution in [2.45, 2.75) is 24.7 Å². The zero-order chi connectivity index (χ0) is 44.0. The van der Waals surface area contributed by atoms with E-state index in [2.05, 4.69) is 266 Å². The Morgan fingerprint density at radius 2 is 0.758 bits per heavy atom. The van der Waals surface area contributed by atoms with Crippen molar-refractivity contribution >= 4 is 38.9 Å². The average molecular weight is 843 g/mol. The topological polar surface area (TPSA) is 8.17 Å². The van der Waals surface area contributed by atoms with E-state index in [9.17, 15) is 0 Å². The van der Waals surface area contributed by atoms with Crippen LogP contribution in [0.15, 0.2) is 243 Å². The van der Waals surface area contributed by atoms with Crippen LogP contribution in [0.1, 0.15) is 47.2 Å². The third kappa shape index (κ3) is 5.55. The van der Waals surface area contributed by atoms with Gasteiger partial charge >= 0.3 is 0 Å². The smallest absolute Gasteiger partial charge is 0.0748 e. The Morgan fingerprint density at radius 1 is 0.318 bits per heavy atom. The highest BCUT2D eigenvalue weighted by Crippen LogP contribution is 2.61. The van der Waals surface area contributed by atoms with Crippen molar-refractivity contribution in [3.8, 4) is 39.1 Å². The Balaban J connectivity index is 0.978. The molecule has 0 bridgehead atoms. The van der Waals surface area contributed by atoms with Crippen LogP contribution in [0.4, 0.5) is 17.1 Å². The minimum Gasteiger partial charge on any atom is -0.311 e. The minimum absolute atomic E-state index is 0.223. The summed E-state index contributed by atoms with van der Waals surface area (Å²) in [7, 11) is 0. The molecule has 0 saturated carbocycles. The molecular formula is C64H46N2. The Kier molecular flexibility index (Phi) is 8.51. The van der Waals surface area contributed by atoms with Gasteiger partial charge in [-0.25, -0.2) is 0 Å². The second kappa shape index (κ2) is 14.7. The number of hydrogen-bond acceptors (Lipinski definition) is 1. The predicted octanol–water partition coefficient (Wildman–Crippen LogP) is 16.6. The maximum Gasteiger partial charge on any atom is 0.0748 e. The molecule has 2 heterocycles. The largest absolute Gasteiger partial charge is 0.311 e. The molecule has 2 aliphatic rings. The number of anilines is 3. The molecule has 1 aliphatic heterocycles. The van der Waals surface area contributed by atoms with Gasteiger partial charge in [-0.05, 0) is 121 Å². The number of fused-ring (bicyclic) bond motifs is 11. The van der Waals surface area contributed by atoms with Gasteiger partial charge in [0.25, 0.3) is 0 Å². The zero-order valence-corrected chi connectivity index (χ0v) is 37.0. The van der Waals surface area contributed by atoms with Crippen molar-refractivity contribution in [3.05, 3.63) is 276 Å². The monoisotopic (exact) mass is 842 g/mol. The first-order chi connectivity index (χ1) is 32.5. The van der Waals surface area contributed by atoms with Crippen LogP contribution in [0.25, 0.3) is 60.9 Å². The van der Waals surface area contributed by atoms with Gasteiger partial charge in [-0.2, -0.15) is 0 Å². The van der Waals surface area contributed by atoms with Crippen LogP contribution in [0.2, 0.25) is 0 Å². The molecule has 0 saturated heterocycles. The van der Waals surface area contributed by atoms with Gasteiger partial charge in [0.15, 0.2) is 0 Å². The molecule has 1 spiro atoms. The van der Waals surface area contributed by atoms with E-state index in [4.69, 9.17) is 0 Å². The van der Waals surface area contributed by atoms with Crippen molar-refractivity contribution in [3.63, 3.8) is 0 Å². The Bertz CT molecular complexity index is 3550. The van der Waals surface area contributed by atoms with E-state index < -0.39 is 5.41 Å². The third-order valence-corrected chi connectivity index (χ3v) is 14.7. The van der Waals surface area contributed by atoms with E-state index in [1.807, 2.05) is 0 Å². The van der Waals surface area contributed by atoms with Gasteiger partial charge in [0.05, 0.1) is 22.1 Å². The maximum atomic E-state index is 2.53. The lowest BCUT2D eigenvalue weighted by Gasteiger charge is -2.50. The molecule has 13 rings (SSSR count). The van der Waals surface area contributed by atoms with Crippen LogP contribution in [-0.4, -0.2) is 4.57 Å². The molecule has 10 aromatic carbocycles. The van der Waals surface area contributed by atoms with Crippen LogP contribution in [0, 0.1) is 0 Å². The van der Waals surface area contributed by atoms with Gasteiger partial charge < -0.3 is 9.47 Å². The van der Waals surface area contributed by atoms with Crippen molar-refractivity contribution < 1.29 is 0 Å². The lowest BCUT2D eigenvalue weighted by molar-refractivity contribution is 0.556. The standard InChI is InChI=1S/C64H46N2/c1-63(2)54-22-10-11-23-56(54)64(57-24-12-14-27-61(57)66-60-26-13-9-20-52(60)53-21-15-25-58(64)62(53)66)59-42-48(34-41-55(59)63)47-32-39-51(40-33-47)65(49-35-28-45(29-36-49)43-16-5-3-6-17-43)50-37-30-46(31-38-50)44-18-7-4-8-19-44/h3-42H,1-2H3. The molecule has 0 radical (unpaired) electrons. The fraction of sp³-hybridized carbons (Fsp3) is 0.0625. The van der Waals surface area contributed by atoms with Crippen LogP contribution in [0.3, 0.4) is 0 Å². The van der Waals surface area contributed by atoms with Crippen LogP contribution in [-0.2, 0) is 10.8 Å². The highest BCUT2D eigenvalue weighted by molar-refractivity contribution is 6.12. The number of nitrogens with zero attached hydrogens (tertiary/aromatic N) is 2. The number of aromatic nitrogens is 1. The third-order valence-electron chi connectivity index (χ3n) is 14.7. The molecular weight excluding hydrogens is 797 g/mol. The van der Waals surface area contributed by atoms with E-state index in [1.54, 1.807) is 0 Å². The number of rotatable bonds is 6. The summed E-state index contributed by atoms with van der Waals surface area (Å²) in [5, 5.41) is 2.58. The quantitative estimate of drug-likeness (QED) is 0.162. The summed E-state index contributed by atoms with van der Waals surface area (Å²) >= 11 is 0. The van der Waals surface area contributed by atoms with Crippen LogP contribution < -0.4 is 4.90 Å². The summed E-state index contributed by atoms with van der Waals surface area (Å²) in [5.74, 6) is 0. The molecule has 0 N–H and O–H groups in total. The van der Waals surface area contributed by atoms with E-state index in [0.717, 1.165) is 17.1 Å². The Labute approximate surface area is 386 Å². The van der Waals surface area contributed by atoms with Gasteiger partial charge in [-0.1, -0.05) is 202 Å². The summed E-state index contributed by atoms with van der Waals surface area (Å²) in [6.07, 6.45) is 0. The lowest BCUT2D eigenvalue weighted by Crippen LogP contribution is -2.44. The van der Waals surface area contributed by atoms with Gasteiger partial charge in [-0.15, -0.1) is 0 Å². The fourth-order valence-corrected chi connectivity index (χ4v) is 11.6. The Hall–Kier alpha value is -8.20. The normalized spacial score (nSPS) is 15.3. The predicted molar refractivity (Wildman–Crippen MR) is 276 cm³/mol. The van der Waals surface area contributed by atoms with Crippen molar-refractivity contribution in [2.24, 2.45) is 0 Å².